The molecule has 3 N–H and O–H groups in total. The minimum atomic E-state index is -2.61. The topological polar surface area (TPSA) is 87.9 Å². The molecule has 162 valence electrons. The van der Waals surface area contributed by atoms with Gasteiger partial charge in [0.2, 0.25) is 5.91 Å². The van der Waals surface area contributed by atoms with Crippen molar-refractivity contribution in [3.05, 3.63) is 24.0 Å². The van der Waals surface area contributed by atoms with Crippen LogP contribution >= 0.6 is 0 Å². The molecule has 2 amide bonds. The maximum absolute atomic E-state index is 14.5. The lowest BCUT2D eigenvalue weighted by atomic mass is 10.1. The van der Waals surface area contributed by atoms with Crippen LogP contribution in [0.15, 0.2) is 18.2 Å². The zero-order chi connectivity index (χ0) is 21.6. The molecule has 0 unspecified atom stereocenters. The Morgan fingerprint density at radius 1 is 1.34 bits per heavy atom. The van der Waals surface area contributed by atoms with Crippen molar-refractivity contribution in [1.29, 1.82) is 0 Å². The Morgan fingerprint density at radius 3 is 2.62 bits per heavy atom. The van der Waals surface area contributed by atoms with Crippen molar-refractivity contribution < 1.29 is 27.5 Å². The second kappa shape index (κ2) is 10.6. The molecule has 10 heteroatoms. The predicted molar refractivity (Wildman–Crippen MR) is 103 cm³/mol. The zero-order valence-electron chi connectivity index (χ0n) is 16.5. The van der Waals surface area contributed by atoms with Gasteiger partial charge < -0.3 is 20.7 Å². The molecule has 0 saturated carbocycles. The molecule has 1 aromatic rings. The molecule has 0 aliphatic carbocycles. The van der Waals surface area contributed by atoms with Crippen LogP contribution in [-0.2, 0) is 14.3 Å². The lowest BCUT2D eigenvalue weighted by Crippen LogP contribution is -2.51. The predicted octanol–water partition coefficient (Wildman–Crippen LogP) is 1.68. The highest BCUT2D eigenvalue weighted by atomic mass is 19.3. The van der Waals surface area contributed by atoms with Crippen LogP contribution in [-0.4, -0.2) is 68.6 Å². The van der Waals surface area contributed by atoms with E-state index in [0.29, 0.717) is 6.61 Å². The first kappa shape index (κ1) is 23.1. The molecule has 1 atom stereocenters. The molecule has 0 radical (unpaired) electrons. The Morgan fingerprint density at radius 2 is 2.07 bits per heavy atom. The molecular weight excluding hydrogens is 389 g/mol. The van der Waals surface area contributed by atoms with E-state index in [2.05, 4.69) is 5.32 Å². The van der Waals surface area contributed by atoms with Crippen molar-refractivity contribution in [2.45, 2.75) is 26.3 Å². The first-order chi connectivity index (χ1) is 13.7. The van der Waals surface area contributed by atoms with Gasteiger partial charge in [-0.3, -0.25) is 14.5 Å². The van der Waals surface area contributed by atoms with Crippen molar-refractivity contribution in [2.75, 3.05) is 49.6 Å². The molecule has 0 spiro atoms. The number of hydrogen-bond acceptors (Lipinski definition) is 5. The minimum absolute atomic E-state index is 0.0541. The molecule has 1 aliphatic rings. The number of morpholine rings is 1. The summed E-state index contributed by atoms with van der Waals surface area (Å²) in [5.41, 5.74) is 5.91. The number of nitrogens with two attached hydrogens (primary N) is 1. The number of nitrogens with zero attached hydrogens (tertiary/aromatic N) is 2. The number of anilines is 2. The van der Waals surface area contributed by atoms with Crippen LogP contribution in [0.3, 0.4) is 0 Å². The fourth-order valence-electron chi connectivity index (χ4n) is 3.20. The number of hydrogen-bond donors (Lipinski definition) is 2. The third kappa shape index (κ3) is 6.41. The van der Waals surface area contributed by atoms with E-state index in [4.69, 9.17) is 10.5 Å². The number of rotatable bonds is 9. The van der Waals surface area contributed by atoms with E-state index >= 15 is 0 Å². The minimum Gasteiger partial charge on any atom is -0.370 e. The van der Waals surface area contributed by atoms with Gasteiger partial charge in [0.15, 0.2) is 0 Å². The van der Waals surface area contributed by atoms with Crippen LogP contribution in [0.1, 0.15) is 13.8 Å². The zero-order valence-corrected chi connectivity index (χ0v) is 16.5. The van der Waals surface area contributed by atoms with Crippen molar-refractivity contribution in [3.63, 3.8) is 0 Å². The standard InChI is InChI=1S/C19H27F3N4O3/c1-12(2)9-25(10-17(21)22)16(8-23)19(28)24-13-3-4-15(14(20)7-13)26-5-6-29-11-18(26)27/h3-4,7,12,16-17H,5-6,8-11,23H2,1-2H3,(H,24,28)/t16-/m0/s1. The van der Waals surface area contributed by atoms with Gasteiger partial charge in [-0.15, -0.1) is 0 Å². The summed E-state index contributed by atoms with van der Waals surface area (Å²) >= 11 is 0. The summed E-state index contributed by atoms with van der Waals surface area (Å²) < 4.78 is 45.4. The number of ether oxygens (including phenoxy) is 1. The second-order valence-electron chi connectivity index (χ2n) is 7.24. The van der Waals surface area contributed by atoms with Gasteiger partial charge in [-0.05, 0) is 24.1 Å². The summed E-state index contributed by atoms with van der Waals surface area (Å²) in [4.78, 5) is 27.1. The van der Waals surface area contributed by atoms with E-state index in [1.807, 2.05) is 13.8 Å². The van der Waals surface area contributed by atoms with Gasteiger partial charge in [-0.1, -0.05) is 13.8 Å². The van der Waals surface area contributed by atoms with Gasteiger partial charge in [-0.25, -0.2) is 13.2 Å². The number of amides is 2. The van der Waals surface area contributed by atoms with Gasteiger partial charge in [0, 0.05) is 25.3 Å². The largest absolute Gasteiger partial charge is 0.370 e. The Bertz CT molecular complexity index is 708. The third-order valence-electron chi connectivity index (χ3n) is 4.43. The molecule has 1 saturated heterocycles. The molecule has 1 aromatic carbocycles. The van der Waals surface area contributed by atoms with Crippen LogP contribution in [0.5, 0.6) is 0 Å². The van der Waals surface area contributed by atoms with Crippen LogP contribution in [0, 0.1) is 11.7 Å². The van der Waals surface area contributed by atoms with E-state index < -0.39 is 30.7 Å². The summed E-state index contributed by atoms with van der Waals surface area (Å²) in [7, 11) is 0. The molecule has 0 bridgehead atoms. The summed E-state index contributed by atoms with van der Waals surface area (Å²) in [6.07, 6.45) is -2.61. The lowest BCUT2D eigenvalue weighted by molar-refractivity contribution is -0.125. The van der Waals surface area contributed by atoms with E-state index in [9.17, 15) is 22.8 Å². The number of halogens is 3. The van der Waals surface area contributed by atoms with Crippen molar-refractivity contribution in [1.82, 2.24) is 4.90 Å². The van der Waals surface area contributed by atoms with Crippen LogP contribution < -0.4 is 16.0 Å². The Hall–Kier alpha value is -2.17. The molecule has 0 aromatic heterocycles. The monoisotopic (exact) mass is 416 g/mol. The number of alkyl halides is 2. The Labute approximate surface area is 168 Å². The van der Waals surface area contributed by atoms with Gasteiger partial charge in [0.1, 0.15) is 18.5 Å². The van der Waals surface area contributed by atoms with Gasteiger partial charge in [0.05, 0.1) is 18.8 Å². The summed E-state index contributed by atoms with van der Waals surface area (Å²) in [6, 6.07) is 2.95. The highest BCUT2D eigenvalue weighted by Crippen LogP contribution is 2.24. The Kier molecular flexibility index (Phi) is 8.42. The van der Waals surface area contributed by atoms with Crippen molar-refractivity contribution in [3.8, 4) is 0 Å². The fourth-order valence-corrected chi connectivity index (χ4v) is 3.20. The quantitative estimate of drug-likeness (QED) is 0.640. The Balaban J connectivity index is 2.13. The van der Waals surface area contributed by atoms with E-state index in [0.717, 1.165) is 6.07 Å². The molecule has 1 fully saturated rings. The van der Waals surface area contributed by atoms with E-state index in [1.54, 1.807) is 0 Å². The number of carbonyl (C=O) groups is 2. The molecule has 1 heterocycles. The first-order valence-electron chi connectivity index (χ1n) is 9.43. The first-order valence-corrected chi connectivity index (χ1v) is 9.43. The maximum Gasteiger partial charge on any atom is 0.253 e. The lowest BCUT2D eigenvalue weighted by Gasteiger charge is -2.31. The van der Waals surface area contributed by atoms with Crippen LogP contribution in [0.2, 0.25) is 0 Å². The van der Waals surface area contributed by atoms with Gasteiger partial charge in [-0.2, -0.15) is 0 Å². The number of nitrogens with one attached hydrogen (secondary N) is 1. The highest BCUT2D eigenvalue weighted by Gasteiger charge is 2.28. The molecule has 1 aliphatic heterocycles. The van der Waals surface area contributed by atoms with E-state index in [1.165, 1.54) is 21.9 Å². The highest BCUT2D eigenvalue weighted by molar-refractivity contribution is 5.97. The van der Waals surface area contributed by atoms with Gasteiger partial charge >= 0.3 is 0 Å². The average molecular weight is 416 g/mol. The molecule has 7 nitrogen and oxygen atoms in total. The number of benzene rings is 1. The maximum atomic E-state index is 14.5. The summed E-state index contributed by atoms with van der Waals surface area (Å²) in [6.45, 7) is 3.65. The fraction of sp³-hybridized carbons (Fsp3) is 0.579. The van der Waals surface area contributed by atoms with Crippen molar-refractivity contribution >= 4 is 23.2 Å². The SMILES string of the molecule is CC(C)CN(CC(F)F)[C@@H](CN)C(=O)Nc1ccc(N2CCOCC2=O)c(F)c1. The van der Waals surface area contributed by atoms with Crippen LogP contribution in [0.25, 0.3) is 0 Å². The van der Waals surface area contributed by atoms with Crippen LogP contribution in [0.4, 0.5) is 24.5 Å². The van der Waals surface area contributed by atoms with Crippen molar-refractivity contribution in [2.24, 2.45) is 11.7 Å². The van der Waals surface area contributed by atoms with E-state index in [-0.39, 0.29) is 49.4 Å². The average Bonchev–Trinajstić information content (AvgIpc) is 2.62. The second-order valence-corrected chi connectivity index (χ2v) is 7.24. The third-order valence-corrected chi connectivity index (χ3v) is 4.43. The summed E-state index contributed by atoms with van der Waals surface area (Å²) in [5, 5.41) is 2.53. The molecule has 29 heavy (non-hydrogen) atoms. The smallest absolute Gasteiger partial charge is 0.253 e. The normalized spacial score (nSPS) is 16.0. The summed E-state index contributed by atoms with van der Waals surface area (Å²) in [5.74, 6) is -1.58. The molecule has 2 rings (SSSR count). The molecular formula is C19H27F3N4O3. The number of carbonyl (C=O) groups excluding carboxylic acids is 2. The van der Waals surface area contributed by atoms with Gasteiger partial charge in [0.25, 0.3) is 12.3 Å².